The summed E-state index contributed by atoms with van der Waals surface area (Å²) < 4.78 is 5.10. The first-order chi connectivity index (χ1) is 9.17. The van der Waals surface area contributed by atoms with Crippen molar-refractivity contribution in [3.8, 4) is 5.75 Å². The number of carbonyl (C=O) groups is 1. The first kappa shape index (κ1) is 13.4. The summed E-state index contributed by atoms with van der Waals surface area (Å²) in [7, 11) is 3.07. The summed E-state index contributed by atoms with van der Waals surface area (Å²) in [6, 6.07) is 0. The van der Waals surface area contributed by atoms with Crippen molar-refractivity contribution in [3.05, 3.63) is 16.7 Å². The van der Waals surface area contributed by atoms with Crippen molar-refractivity contribution in [2.75, 3.05) is 32.1 Å². The molecule has 1 atom stereocenters. The van der Waals surface area contributed by atoms with Gasteiger partial charge >= 0.3 is 0 Å². The van der Waals surface area contributed by atoms with Gasteiger partial charge in [0.25, 0.3) is 5.56 Å². The second-order valence-electron chi connectivity index (χ2n) is 4.49. The Bertz CT molecular complexity index is 514. The van der Waals surface area contributed by atoms with Crippen LogP contribution in [-0.2, 0) is 4.79 Å². The molecule has 0 saturated carbocycles. The molecule has 7 heteroatoms. The van der Waals surface area contributed by atoms with Crippen LogP contribution in [0.4, 0.5) is 5.82 Å². The zero-order valence-corrected chi connectivity index (χ0v) is 11.1. The standard InChI is InChI=1S/C12H18N4O3/c1-13-11(17)8-4-3-5-16(6-8)10-9(19-2)12(18)15-7-14-10/h7-8H,3-6H2,1-2H3,(H,13,17)(H,14,15,18). The van der Waals surface area contributed by atoms with E-state index in [4.69, 9.17) is 4.74 Å². The molecule has 1 aromatic heterocycles. The highest BCUT2D eigenvalue weighted by atomic mass is 16.5. The van der Waals surface area contributed by atoms with E-state index >= 15 is 0 Å². The number of nitrogens with one attached hydrogen (secondary N) is 2. The third-order valence-electron chi connectivity index (χ3n) is 3.33. The van der Waals surface area contributed by atoms with E-state index in [0.29, 0.717) is 12.4 Å². The van der Waals surface area contributed by atoms with E-state index in [-0.39, 0.29) is 23.1 Å². The Labute approximate surface area is 111 Å². The minimum Gasteiger partial charge on any atom is -0.489 e. The third kappa shape index (κ3) is 2.69. The minimum atomic E-state index is -0.311. The van der Waals surface area contributed by atoms with E-state index in [9.17, 15) is 9.59 Å². The van der Waals surface area contributed by atoms with Crippen molar-refractivity contribution in [3.63, 3.8) is 0 Å². The number of methoxy groups -OCH3 is 1. The van der Waals surface area contributed by atoms with Crippen LogP contribution in [0.1, 0.15) is 12.8 Å². The molecule has 1 saturated heterocycles. The molecule has 2 rings (SSSR count). The van der Waals surface area contributed by atoms with Gasteiger partial charge in [0, 0.05) is 20.1 Å². The molecule has 0 spiro atoms. The maximum atomic E-state index is 11.7. The van der Waals surface area contributed by atoms with Gasteiger partial charge in [0.2, 0.25) is 11.7 Å². The number of piperidine rings is 1. The maximum Gasteiger partial charge on any atom is 0.295 e. The lowest BCUT2D eigenvalue weighted by molar-refractivity contribution is -0.124. The minimum absolute atomic E-state index is 0.0218. The van der Waals surface area contributed by atoms with Crippen molar-refractivity contribution in [1.82, 2.24) is 15.3 Å². The first-order valence-electron chi connectivity index (χ1n) is 6.25. The largest absolute Gasteiger partial charge is 0.489 e. The fourth-order valence-corrected chi connectivity index (χ4v) is 2.37. The number of nitrogens with zero attached hydrogens (tertiary/aromatic N) is 2. The monoisotopic (exact) mass is 266 g/mol. The number of anilines is 1. The number of aromatic nitrogens is 2. The zero-order valence-electron chi connectivity index (χ0n) is 11.1. The second-order valence-corrected chi connectivity index (χ2v) is 4.49. The highest BCUT2D eigenvalue weighted by molar-refractivity contribution is 5.79. The SMILES string of the molecule is CNC(=O)C1CCCN(c2nc[nH]c(=O)c2OC)C1. The predicted molar refractivity (Wildman–Crippen MR) is 70.4 cm³/mol. The number of rotatable bonds is 3. The van der Waals surface area contributed by atoms with E-state index in [1.54, 1.807) is 7.05 Å². The fourth-order valence-electron chi connectivity index (χ4n) is 2.37. The molecule has 0 bridgehead atoms. The Kier molecular flexibility index (Phi) is 4.03. The van der Waals surface area contributed by atoms with E-state index < -0.39 is 0 Å². The number of aromatic amines is 1. The molecule has 1 aromatic rings. The van der Waals surface area contributed by atoms with Crippen molar-refractivity contribution >= 4 is 11.7 Å². The average molecular weight is 266 g/mol. The fraction of sp³-hybridized carbons (Fsp3) is 0.583. The lowest BCUT2D eigenvalue weighted by atomic mass is 9.97. The smallest absolute Gasteiger partial charge is 0.295 e. The summed E-state index contributed by atoms with van der Waals surface area (Å²) in [5.41, 5.74) is -0.311. The number of ether oxygens (including phenoxy) is 1. The van der Waals surface area contributed by atoms with Crippen LogP contribution in [0.25, 0.3) is 0 Å². The van der Waals surface area contributed by atoms with Crippen molar-refractivity contribution in [1.29, 1.82) is 0 Å². The van der Waals surface area contributed by atoms with E-state index in [1.807, 2.05) is 4.90 Å². The van der Waals surface area contributed by atoms with Crippen molar-refractivity contribution in [2.45, 2.75) is 12.8 Å². The summed E-state index contributed by atoms with van der Waals surface area (Å²) in [6.07, 6.45) is 3.08. The van der Waals surface area contributed by atoms with Crippen LogP contribution in [0.2, 0.25) is 0 Å². The molecule has 0 radical (unpaired) electrons. The summed E-state index contributed by atoms with van der Waals surface area (Å²) >= 11 is 0. The topological polar surface area (TPSA) is 87.3 Å². The van der Waals surface area contributed by atoms with E-state index in [0.717, 1.165) is 19.4 Å². The van der Waals surface area contributed by atoms with Gasteiger partial charge in [-0.3, -0.25) is 9.59 Å². The molecule has 19 heavy (non-hydrogen) atoms. The molecule has 1 aliphatic rings. The molecule has 2 heterocycles. The second kappa shape index (κ2) is 5.73. The Hall–Kier alpha value is -2.05. The zero-order chi connectivity index (χ0) is 13.8. The quantitative estimate of drug-likeness (QED) is 0.787. The molecule has 1 fully saturated rings. The number of hydrogen-bond donors (Lipinski definition) is 2. The van der Waals surface area contributed by atoms with Gasteiger partial charge in [-0.25, -0.2) is 4.98 Å². The molecule has 0 aliphatic carbocycles. The van der Waals surface area contributed by atoms with Crippen LogP contribution in [0.15, 0.2) is 11.1 Å². The Balaban J connectivity index is 2.24. The average Bonchev–Trinajstić information content (AvgIpc) is 2.46. The van der Waals surface area contributed by atoms with E-state index in [1.165, 1.54) is 13.4 Å². The molecule has 104 valence electrons. The van der Waals surface area contributed by atoms with Gasteiger partial charge in [-0.1, -0.05) is 0 Å². The number of carbonyl (C=O) groups excluding carboxylic acids is 1. The van der Waals surface area contributed by atoms with Crippen LogP contribution >= 0.6 is 0 Å². The Morgan fingerprint density at radius 2 is 2.42 bits per heavy atom. The van der Waals surface area contributed by atoms with Gasteiger partial charge in [0.05, 0.1) is 19.4 Å². The summed E-state index contributed by atoms with van der Waals surface area (Å²) in [6.45, 7) is 1.31. The lowest BCUT2D eigenvalue weighted by Crippen LogP contribution is -2.43. The van der Waals surface area contributed by atoms with E-state index in [2.05, 4.69) is 15.3 Å². The number of H-pyrrole nitrogens is 1. The first-order valence-corrected chi connectivity index (χ1v) is 6.25. The molecule has 7 nitrogen and oxygen atoms in total. The normalized spacial score (nSPS) is 19.1. The van der Waals surface area contributed by atoms with Crippen LogP contribution in [0.3, 0.4) is 0 Å². The third-order valence-corrected chi connectivity index (χ3v) is 3.33. The lowest BCUT2D eigenvalue weighted by Gasteiger charge is -2.32. The molecule has 0 aromatic carbocycles. The number of amides is 1. The molecule has 1 aliphatic heterocycles. The van der Waals surface area contributed by atoms with Crippen LogP contribution in [-0.4, -0.2) is 43.1 Å². The highest BCUT2D eigenvalue weighted by Crippen LogP contribution is 2.26. The highest BCUT2D eigenvalue weighted by Gasteiger charge is 2.28. The summed E-state index contributed by atoms with van der Waals surface area (Å²) in [5.74, 6) is 0.637. The molecular weight excluding hydrogens is 248 g/mol. The maximum absolute atomic E-state index is 11.7. The molecule has 2 N–H and O–H groups in total. The molecule has 1 unspecified atom stereocenters. The van der Waals surface area contributed by atoms with Crippen LogP contribution < -0.4 is 20.5 Å². The van der Waals surface area contributed by atoms with Crippen LogP contribution in [0, 0.1) is 5.92 Å². The van der Waals surface area contributed by atoms with Gasteiger partial charge < -0.3 is 19.9 Å². The van der Waals surface area contributed by atoms with Gasteiger partial charge in [-0.15, -0.1) is 0 Å². The van der Waals surface area contributed by atoms with Crippen LogP contribution in [0.5, 0.6) is 5.75 Å². The molecular formula is C12H18N4O3. The van der Waals surface area contributed by atoms with Crippen molar-refractivity contribution < 1.29 is 9.53 Å². The Morgan fingerprint density at radius 1 is 1.63 bits per heavy atom. The number of hydrogen-bond acceptors (Lipinski definition) is 5. The Morgan fingerprint density at radius 3 is 3.11 bits per heavy atom. The van der Waals surface area contributed by atoms with Crippen molar-refractivity contribution in [2.24, 2.45) is 5.92 Å². The van der Waals surface area contributed by atoms with Gasteiger partial charge in [-0.2, -0.15) is 0 Å². The van der Waals surface area contributed by atoms with Gasteiger partial charge in [-0.05, 0) is 12.8 Å². The van der Waals surface area contributed by atoms with Gasteiger partial charge in [0.15, 0.2) is 5.82 Å². The van der Waals surface area contributed by atoms with Gasteiger partial charge in [0.1, 0.15) is 0 Å². The summed E-state index contributed by atoms with van der Waals surface area (Å²) in [4.78, 5) is 31.9. The predicted octanol–water partition coefficient (Wildman–Crippen LogP) is -0.259. The molecule has 1 amide bonds. The summed E-state index contributed by atoms with van der Waals surface area (Å²) in [5, 5.41) is 2.66.